The Morgan fingerprint density at radius 1 is 1.09 bits per heavy atom. The van der Waals surface area contributed by atoms with Gasteiger partial charge in [-0.25, -0.2) is 0 Å². The molecule has 7 heteroatoms. The SMILES string of the molecule is CCCCOCCOCCN=C(NCC)NC(C)COC.I. The first-order valence-corrected chi connectivity index (χ1v) is 7.93. The summed E-state index contributed by atoms with van der Waals surface area (Å²) in [5, 5.41) is 6.48. The molecule has 0 spiro atoms. The normalized spacial score (nSPS) is 12.6. The molecule has 0 aliphatic rings. The predicted octanol–water partition coefficient (Wildman–Crippen LogP) is 2.03. The van der Waals surface area contributed by atoms with Gasteiger partial charge >= 0.3 is 0 Å². The summed E-state index contributed by atoms with van der Waals surface area (Å²) in [6, 6.07) is 0.223. The molecule has 0 amide bonds. The van der Waals surface area contributed by atoms with Crippen LogP contribution in [-0.4, -0.2) is 65.2 Å². The standard InChI is InChI=1S/C15H33N3O3.HI/c1-5-7-9-20-11-12-21-10-8-17-15(16-6-2)18-14(3)13-19-4;/h14H,5-13H2,1-4H3,(H2,16,17,18);1H. The number of hydrogen-bond donors (Lipinski definition) is 2. The highest BCUT2D eigenvalue weighted by atomic mass is 127. The summed E-state index contributed by atoms with van der Waals surface area (Å²) in [5.41, 5.74) is 0. The summed E-state index contributed by atoms with van der Waals surface area (Å²) in [5.74, 6) is 0.796. The molecule has 0 aromatic heterocycles. The summed E-state index contributed by atoms with van der Waals surface area (Å²) in [6.07, 6.45) is 2.28. The van der Waals surface area contributed by atoms with Crippen LogP contribution in [-0.2, 0) is 14.2 Å². The van der Waals surface area contributed by atoms with E-state index in [9.17, 15) is 0 Å². The quantitative estimate of drug-likeness (QED) is 0.202. The number of aliphatic imine (C=N–C) groups is 1. The lowest BCUT2D eigenvalue weighted by molar-refractivity contribution is 0.0497. The van der Waals surface area contributed by atoms with Gasteiger partial charge in [0.15, 0.2) is 5.96 Å². The van der Waals surface area contributed by atoms with Crippen LogP contribution in [0.2, 0.25) is 0 Å². The van der Waals surface area contributed by atoms with Gasteiger partial charge in [-0.1, -0.05) is 13.3 Å². The van der Waals surface area contributed by atoms with E-state index in [0.717, 1.165) is 32.0 Å². The summed E-state index contributed by atoms with van der Waals surface area (Å²) in [6.45, 7) is 11.1. The summed E-state index contributed by atoms with van der Waals surface area (Å²) in [4.78, 5) is 4.46. The summed E-state index contributed by atoms with van der Waals surface area (Å²) in [7, 11) is 1.69. The van der Waals surface area contributed by atoms with E-state index < -0.39 is 0 Å². The molecule has 0 aromatic rings. The molecule has 2 N–H and O–H groups in total. The monoisotopic (exact) mass is 431 g/mol. The first-order valence-electron chi connectivity index (χ1n) is 7.93. The Balaban J connectivity index is 0. The van der Waals surface area contributed by atoms with Crippen LogP contribution in [0.5, 0.6) is 0 Å². The molecule has 0 aliphatic heterocycles. The topological polar surface area (TPSA) is 64.1 Å². The lowest BCUT2D eigenvalue weighted by Crippen LogP contribution is -2.44. The van der Waals surface area contributed by atoms with E-state index in [2.05, 4.69) is 29.5 Å². The van der Waals surface area contributed by atoms with Crippen molar-refractivity contribution in [2.24, 2.45) is 4.99 Å². The molecule has 1 atom stereocenters. The van der Waals surface area contributed by atoms with Crippen LogP contribution in [0.3, 0.4) is 0 Å². The minimum Gasteiger partial charge on any atom is -0.383 e. The van der Waals surface area contributed by atoms with Crippen molar-refractivity contribution < 1.29 is 14.2 Å². The number of hydrogen-bond acceptors (Lipinski definition) is 4. The molecule has 0 saturated heterocycles. The molecule has 0 radical (unpaired) electrons. The Hall–Kier alpha value is -0.120. The Kier molecular flexibility index (Phi) is 20.8. The largest absolute Gasteiger partial charge is 0.383 e. The zero-order valence-electron chi connectivity index (χ0n) is 14.5. The van der Waals surface area contributed by atoms with Gasteiger partial charge in [-0.15, -0.1) is 24.0 Å². The molecule has 0 aromatic carbocycles. The summed E-state index contributed by atoms with van der Waals surface area (Å²) >= 11 is 0. The minimum absolute atomic E-state index is 0. The first-order chi connectivity index (χ1) is 10.2. The average Bonchev–Trinajstić information content (AvgIpc) is 2.46. The van der Waals surface area contributed by atoms with Gasteiger partial charge in [0.05, 0.1) is 33.0 Å². The van der Waals surface area contributed by atoms with Crippen LogP contribution in [0.1, 0.15) is 33.6 Å². The van der Waals surface area contributed by atoms with E-state index in [4.69, 9.17) is 14.2 Å². The third-order valence-electron chi connectivity index (χ3n) is 2.66. The second-order valence-electron chi connectivity index (χ2n) is 4.84. The van der Waals surface area contributed by atoms with Crippen LogP contribution in [0.15, 0.2) is 4.99 Å². The lowest BCUT2D eigenvalue weighted by atomic mass is 10.4. The van der Waals surface area contributed by atoms with Gasteiger partial charge in [0.1, 0.15) is 0 Å². The Morgan fingerprint density at radius 2 is 1.77 bits per heavy atom. The molecule has 0 bridgehead atoms. The Labute approximate surface area is 152 Å². The molecular weight excluding hydrogens is 397 g/mol. The molecule has 134 valence electrons. The number of unbranched alkanes of at least 4 members (excludes halogenated alkanes) is 1. The number of methoxy groups -OCH3 is 1. The summed E-state index contributed by atoms with van der Waals surface area (Å²) < 4.78 is 16.0. The maximum absolute atomic E-state index is 5.48. The van der Waals surface area contributed by atoms with Crippen molar-refractivity contribution in [3.05, 3.63) is 0 Å². The van der Waals surface area contributed by atoms with Crippen LogP contribution < -0.4 is 10.6 Å². The second-order valence-corrected chi connectivity index (χ2v) is 4.84. The molecule has 0 aliphatic carbocycles. The number of guanidine groups is 1. The highest BCUT2D eigenvalue weighted by molar-refractivity contribution is 14.0. The van der Waals surface area contributed by atoms with Gasteiger partial charge in [0, 0.05) is 26.3 Å². The molecule has 0 rings (SSSR count). The fraction of sp³-hybridized carbons (Fsp3) is 0.933. The minimum atomic E-state index is 0. The molecule has 0 fully saturated rings. The van der Waals surface area contributed by atoms with Gasteiger partial charge in [-0.2, -0.15) is 0 Å². The van der Waals surface area contributed by atoms with Crippen molar-refractivity contribution in [3.63, 3.8) is 0 Å². The van der Waals surface area contributed by atoms with E-state index in [1.54, 1.807) is 7.11 Å². The lowest BCUT2D eigenvalue weighted by Gasteiger charge is -2.16. The number of nitrogens with zero attached hydrogens (tertiary/aromatic N) is 1. The van der Waals surface area contributed by atoms with Gasteiger partial charge in [-0.05, 0) is 20.3 Å². The number of halogens is 1. The van der Waals surface area contributed by atoms with Gasteiger partial charge in [0.2, 0.25) is 0 Å². The van der Waals surface area contributed by atoms with E-state index >= 15 is 0 Å². The van der Waals surface area contributed by atoms with E-state index in [-0.39, 0.29) is 30.0 Å². The highest BCUT2D eigenvalue weighted by Crippen LogP contribution is 1.88. The highest BCUT2D eigenvalue weighted by Gasteiger charge is 2.03. The van der Waals surface area contributed by atoms with Gasteiger partial charge in [0.25, 0.3) is 0 Å². The smallest absolute Gasteiger partial charge is 0.191 e. The predicted molar refractivity (Wildman–Crippen MR) is 102 cm³/mol. The van der Waals surface area contributed by atoms with Crippen molar-refractivity contribution in [2.45, 2.75) is 39.7 Å². The van der Waals surface area contributed by atoms with Crippen molar-refractivity contribution in [1.82, 2.24) is 10.6 Å². The maximum atomic E-state index is 5.48. The number of nitrogens with one attached hydrogen (secondary N) is 2. The third-order valence-corrected chi connectivity index (χ3v) is 2.66. The van der Waals surface area contributed by atoms with Crippen molar-refractivity contribution in [2.75, 3.05) is 53.2 Å². The molecule has 6 nitrogen and oxygen atoms in total. The van der Waals surface area contributed by atoms with E-state index in [0.29, 0.717) is 33.0 Å². The van der Waals surface area contributed by atoms with Gasteiger partial charge < -0.3 is 24.8 Å². The Morgan fingerprint density at radius 3 is 2.36 bits per heavy atom. The van der Waals surface area contributed by atoms with Crippen molar-refractivity contribution in [1.29, 1.82) is 0 Å². The van der Waals surface area contributed by atoms with E-state index in [1.807, 2.05) is 6.92 Å². The fourth-order valence-electron chi connectivity index (χ4n) is 1.64. The van der Waals surface area contributed by atoms with Crippen molar-refractivity contribution >= 4 is 29.9 Å². The number of ether oxygens (including phenoxy) is 3. The molecule has 1 unspecified atom stereocenters. The maximum Gasteiger partial charge on any atom is 0.191 e. The molecular formula is C15H34IN3O3. The van der Waals surface area contributed by atoms with Crippen LogP contribution in [0.25, 0.3) is 0 Å². The average molecular weight is 431 g/mol. The molecule has 0 saturated carbocycles. The van der Waals surface area contributed by atoms with Crippen LogP contribution in [0.4, 0.5) is 0 Å². The van der Waals surface area contributed by atoms with Crippen molar-refractivity contribution in [3.8, 4) is 0 Å². The Bertz CT molecular complexity index is 256. The molecule has 22 heavy (non-hydrogen) atoms. The zero-order chi connectivity index (χ0) is 15.8. The first kappa shape index (κ1) is 24.1. The zero-order valence-corrected chi connectivity index (χ0v) is 16.9. The van der Waals surface area contributed by atoms with Gasteiger partial charge in [-0.3, -0.25) is 4.99 Å². The third kappa shape index (κ3) is 16.3. The number of rotatable bonds is 13. The van der Waals surface area contributed by atoms with E-state index in [1.165, 1.54) is 0 Å². The van der Waals surface area contributed by atoms with Crippen LogP contribution >= 0.6 is 24.0 Å². The second kappa shape index (κ2) is 18.9. The fourth-order valence-corrected chi connectivity index (χ4v) is 1.64. The van der Waals surface area contributed by atoms with Crippen LogP contribution in [0, 0.1) is 0 Å². The molecule has 0 heterocycles.